The number of aromatic nitrogens is 1. The van der Waals surface area contributed by atoms with Crippen molar-refractivity contribution in [3.63, 3.8) is 0 Å². The number of hydrogen-bond donors (Lipinski definition) is 0. The highest BCUT2D eigenvalue weighted by Gasteiger charge is 2.24. The maximum atomic E-state index is 10.8. The fourth-order valence-electron chi connectivity index (χ4n) is 2.40. The van der Waals surface area contributed by atoms with Crippen LogP contribution in [0.15, 0.2) is 30.6 Å². The predicted octanol–water partition coefficient (Wildman–Crippen LogP) is 4.44. The van der Waals surface area contributed by atoms with Crippen LogP contribution >= 0.6 is 11.6 Å². The van der Waals surface area contributed by atoms with Gasteiger partial charge in [-0.2, -0.15) is 0 Å². The molecule has 0 N–H and O–H groups in total. The zero-order valence-electron chi connectivity index (χ0n) is 11.0. The molecule has 0 radical (unpaired) electrons. The van der Waals surface area contributed by atoms with Crippen molar-refractivity contribution >= 4 is 16.8 Å². The molecular formula is C15H22ClNO. The molecule has 18 heavy (non-hydrogen) atoms. The Morgan fingerprint density at radius 1 is 1.17 bits per heavy atom. The third-order valence-corrected chi connectivity index (χ3v) is 3.74. The van der Waals surface area contributed by atoms with Gasteiger partial charge in [0.25, 0.3) is 0 Å². The summed E-state index contributed by atoms with van der Waals surface area (Å²) in [7, 11) is 0. The number of halogens is 1. The molecule has 1 heterocycles. The number of carbonyl (C=O) groups is 1. The summed E-state index contributed by atoms with van der Waals surface area (Å²) in [4.78, 5) is 14.6. The van der Waals surface area contributed by atoms with Crippen LogP contribution in [0.3, 0.4) is 0 Å². The van der Waals surface area contributed by atoms with Gasteiger partial charge in [-0.25, -0.2) is 0 Å². The van der Waals surface area contributed by atoms with Gasteiger partial charge in [-0.05, 0) is 55.3 Å². The molecule has 0 unspecified atom stereocenters. The van der Waals surface area contributed by atoms with Crippen molar-refractivity contribution in [2.75, 3.05) is 0 Å². The molecule has 0 aromatic carbocycles. The fraction of sp³-hybridized carbons (Fsp3) is 0.600. The van der Waals surface area contributed by atoms with Gasteiger partial charge >= 0.3 is 0 Å². The van der Waals surface area contributed by atoms with E-state index in [-0.39, 0.29) is 11.2 Å². The van der Waals surface area contributed by atoms with Crippen LogP contribution in [-0.2, 0) is 4.79 Å². The summed E-state index contributed by atoms with van der Waals surface area (Å²) < 4.78 is 0. The lowest BCUT2D eigenvalue weighted by Crippen LogP contribution is -2.18. The summed E-state index contributed by atoms with van der Waals surface area (Å²) in [5, 5.41) is -0.120. The van der Waals surface area contributed by atoms with Crippen LogP contribution in [0, 0.1) is 11.8 Å². The summed E-state index contributed by atoms with van der Waals surface area (Å²) in [6.45, 7) is 2.22. The normalized spacial score (nSPS) is 22.8. The van der Waals surface area contributed by atoms with Gasteiger partial charge in [-0.15, -0.1) is 0 Å². The Balaban J connectivity index is 0.000000225. The first-order chi connectivity index (χ1) is 8.74. The molecule has 0 aliphatic heterocycles. The van der Waals surface area contributed by atoms with Crippen LogP contribution in [0.1, 0.15) is 45.4 Å². The van der Waals surface area contributed by atoms with Gasteiger partial charge in [0, 0.05) is 18.3 Å². The lowest BCUT2D eigenvalue weighted by molar-refractivity contribution is -0.116. The number of rotatable bonds is 3. The second-order valence-electron chi connectivity index (χ2n) is 4.84. The van der Waals surface area contributed by atoms with Gasteiger partial charge in [0.1, 0.15) is 0 Å². The number of nitrogens with zero attached hydrogens (tertiary/aromatic N) is 1. The average molecular weight is 268 g/mol. The monoisotopic (exact) mass is 267 g/mol. The largest absolute Gasteiger partial charge is 0.281 e. The zero-order valence-corrected chi connectivity index (χ0v) is 11.8. The molecule has 1 aliphatic carbocycles. The van der Waals surface area contributed by atoms with Gasteiger partial charge in [0.2, 0.25) is 5.24 Å². The first kappa shape index (κ1) is 15.2. The van der Waals surface area contributed by atoms with Crippen molar-refractivity contribution in [2.24, 2.45) is 11.8 Å². The minimum atomic E-state index is -0.120. The van der Waals surface area contributed by atoms with Crippen LogP contribution < -0.4 is 0 Å². The quantitative estimate of drug-likeness (QED) is 0.758. The first-order valence-corrected chi connectivity index (χ1v) is 7.16. The molecule has 2 rings (SSSR count). The topological polar surface area (TPSA) is 30.0 Å². The van der Waals surface area contributed by atoms with E-state index in [9.17, 15) is 4.79 Å². The van der Waals surface area contributed by atoms with Crippen molar-refractivity contribution < 1.29 is 4.79 Å². The van der Waals surface area contributed by atoms with Gasteiger partial charge in [0.05, 0.1) is 0 Å². The predicted molar refractivity (Wildman–Crippen MR) is 75.5 cm³/mol. The Hall–Kier alpha value is -0.890. The highest BCUT2D eigenvalue weighted by Crippen LogP contribution is 2.32. The van der Waals surface area contributed by atoms with E-state index in [1.165, 1.54) is 25.7 Å². The minimum absolute atomic E-state index is 0.120. The Morgan fingerprint density at radius 2 is 1.78 bits per heavy atom. The zero-order chi connectivity index (χ0) is 13.2. The van der Waals surface area contributed by atoms with Crippen LogP contribution in [-0.4, -0.2) is 10.2 Å². The summed E-state index contributed by atoms with van der Waals surface area (Å²) in [5.74, 6) is 1.03. The lowest BCUT2D eigenvalue weighted by atomic mass is 9.81. The Kier molecular flexibility index (Phi) is 7.66. The van der Waals surface area contributed by atoms with Gasteiger partial charge in [0.15, 0.2) is 0 Å². The van der Waals surface area contributed by atoms with Crippen LogP contribution in [0.4, 0.5) is 0 Å². The highest BCUT2D eigenvalue weighted by atomic mass is 35.5. The maximum absolute atomic E-state index is 10.8. The molecule has 1 aromatic heterocycles. The van der Waals surface area contributed by atoms with Crippen LogP contribution in [0.5, 0.6) is 0 Å². The summed E-state index contributed by atoms with van der Waals surface area (Å²) >= 11 is 5.44. The third kappa shape index (κ3) is 6.15. The molecule has 1 aliphatic rings. The molecule has 100 valence electrons. The Labute approximate surface area is 115 Å². The van der Waals surface area contributed by atoms with E-state index in [2.05, 4.69) is 11.9 Å². The molecule has 0 atom stereocenters. The number of hydrogen-bond acceptors (Lipinski definition) is 2. The van der Waals surface area contributed by atoms with Gasteiger partial charge in [-0.3, -0.25) is 9.78 Å². The van der Waals surface area contributed by atoms with Crippen molar-refractivity contribution in [1.82, 2.24) is 4.98 Å². The maximum Gasteiger partial charge on any atom is 0.224 e. The van der Waals surface area contributed by atoms with E-state index in [4.69, 9.17) is 11.6 Å². The fourth-order valence-corrected chi connectivity index (χ4v) is 2.62. The van der Waals surface area contributed by atoms with Gasteiger partial charge < -0.3 is 0 Å². The molecule has 0 bridgehead atoms. The Morgan fingerprint density at radius 3 is 2.11 bits per heavy atom. The van der Waals surface area contributed by atoms with Gasteiger partial charge in [-0.1, -0.05) is 25.8 Å². The summed E-state index contributed by atoms with van der Waals surface area (Å²) in [5.41, 5.74) is 0. The molecule has 1 fully saturated rings. The number of carbonyl (C=O) groups excluding carboxylic acids is 1. The summed E-state index contributed by atoms with van der Waals surface area (Å²) in [6.07, 6.45) is 10.5. The molecule has 0 amide bonds. The molecule has 3 heteroatoms. The van der Waals surface area contributed by atoms with Crippen molar-refractivity contribution in [3.05, 3.63) is 30.6 Å². The first-order valence-electron chi connectivity index (χ1n) is 6.78. The molecular weight excluding hydrogens is 246 g/mol. The smallest absolute Gasteiger partial charge is 0.224 e. The third-order valence-electron chi connectivity index (χ3n) is 3.43. The molecule has 1 aromatic rings. The molecule has 0 saturated heterocycles. The second kappa shape index (κ2) is 9.09. The highest BCUT2D eigenvalue weighted by molar-refractivity contribution is 6.63. The van der Waals surface area contributed by atoms with Crippen molar-refractivity contribution in [3.8, 4) is 0 Å². The van der Waals surface area contributed by atoms with Crippen molar-refractivity contribution in [1.29, 1.82) is 0 Å². The Bertz CT molecular complexity index is 294. The standard InChI is InChI=1S/C10H17ClO.C5H5N/c1-2-3-8-4-6-9(7-5-8)10(11)12;1-2-4-6-5-3-1/h8-9H,2-7H2,1H3;1-5H/t8-,9-;. The lowest BCUT2D eigenvalue weighted by Gasteiger charge is -2.25. The SMILES string of the molecule is CCC[C@H]1CC[C@H](C(=O)Cl)CC1.c1ccncc1. The van der Waals surface area contributed by atoms with Crippen LogP contribution in [0.2, 0.25) is 0 Å². The minimum Gasteiger partial charge on any atom is -0.281 e. The van der Waals surface area contributed by atoms with E-state index >= 15 is 0 Å². The average Bonchev–Trinajstić information content (AvgIpc) is 2.42. The van der Waals surface area contributed by atoms with Crippen LogP contribution in [0.25, 0.3) is 0 Å². The van der Waals surface area contributed by atoms with E-state index in [0.717, 1.165) is 18.8 Å². The van der Waals surface area contributed by atoms with E-state index in [1.54, 1.807) is 12.4 Å². The summed E-state index contributed by atoms with van der Waals surface area (Å²) in [6, 6.07) is 5.72. The van der Waals surface area contributed by atoms with E-state index in [1.807, 2.05) is 18.2 Å². The van der Waals surface area contributed by atoms with E-state index in [0.29, 0.717) is 0 Å². The van der Waals surface area contributed by atoms with Crippen molar-refractivity contribution in [2.45, 2.75) is 45.4 Å². The molecule has 2 nitrogen and oxygen atoms in total. The molecule has 0 spiro atoms. The number of pyridine rings is 1. The van der Waals surface area contributed by atoms with E-state index < -0.39 is 0 Å². The second-order valence-corrected chi connectivity index (χ2v) is 5.21. The molecule has 1 saturated carbocycles.